The summed E-state index contributed by atoms with van der Waals surface area (Å²) in [6, 6.07) is 14.7. The number of nitrogens with one attached hydrogen (secondary N) is 2. The predicted octanol–water partition coefficient (Wildman–Crippen LogP) is 2.89. The van der Waals surface area contributed by atoms with Gasteiger partial charge < -0.3 is 20.1 Å². The Morgan fingerprint density at radius 3 is 2.55 bits per heavy atom. The molecule has 0 radical (unpaired) electrons. The van der Waals surface area contributed by atoms with Crippen molar-refractivity contribution in [3.8, 4) is 22.9 Å². The zero-order chi connectivity index (χ0) is 21.8. The fraction of sp³-hybridized carbons (Fsp3) is 0.318. The van der Waals surface area contributed by atoms with Gasteiger partial charge in [0.05, 0.1) is 26.5 Å². The highest BCUT2D eigenvalue weighted by atomic mass is 16.5. The van der Waals surface area contributed by atoms with Crippen LogP contribution in [0.25, 0.3) is 11.4 Å². The summed E-state index contributed by atoms with van der Waals surface area (Å²) >= 11 is 0. The predicted molar refractivity (Wildman–Crippen MR) is 117 cm³/mol. The number of hydrogen-bond donors (Lipinski definition) is 2. The normalized spacial score (nSPS) is 13.0. The second-order valence-corrected chi connectivity index (χ2v) is 7.22. The first-order chi connectivity index (χ1) is 15.1. The Labute approximate surface area is 179 Å². The molecule has 2 amide bonds. The highest BCUT2D eigenvalue weighted by Gasteiger charge is 2.30. The van der Waals surface area contributed by atoms with Gasteiger partial charge in [0.2, 0.25) is 0 Å². The molecule has 9 nitrogen and oxygen atoms in total. The second-order valence-electron chi connectivity index (χ2n) is 7.22. The average molecular weight is 423 g/mol. The molecule has 1 aromatic heterocycles. The molecule has 4 rings (SSSR count). The van der Waals surface area contributed by atoms with Gasteiger partial charge in [0.25, 0.3) is 0 Å². The van der Waals surface area contributed by atoms with Crippen molar-refractivity contribution in [2.45, 2.75) is 25.4 Å². The summed E-state index contributed by atoms with van der Waals surface area (Å²) in [5.41, 5.74) is 1.24. The topological polar surface area (TPSA) is 99.4 Å². The van der Waals surface area contributed by atoms with Crippen LogP contribution in [-0.2, 0) is 6.54 Å². The fourth-order valence-corrected chi connectivity index (χ4v) is 3.44. The first kappa shape index (κ1) is 20.5. The van der Waals surface area contributed by atoms with Gasteiger partial charge in [-0.2, -0.15) is 0 Å². The van der Waals surface area contributed by atoms with Crippen molar-refractivity contribution < 1.29 is 14.3 Å². The number of carbonyl (C=O) groups is 1. The van der Waals surface area contributed by atoms with E-state index >= 15 is 0 Å². The van der Waals surface area contributed by atoms with E-state index < -0.39 is 6.03 Å². The zero-order valence-electron chi connectivity index (χ0n) is 17.5. The Bertz CT molecular complexity index is 1120. The SMILES string of the molecule is COc1cccc(NC(=O)NCCn2nc(-c3ccccc3)n(C3CC3)c2=O)c1OC. The van der Waals surface area contributed by atoms with E-state index in [1.165, 1.54) is 18.9 Å². The maximum Gasteiger partial charge on any atom is 0.346 e. The Morgan fingerprint density at radius 2 is 1.87 bits per heavy atom. The molecule has 162 valence electrons. The molecule has 0 unspecified atom stereocenters. The number of ether oxygens (including phenoxy) is 2. The lowest BCUT2D eigenvalue weighted by Gasteiger charge is -2.13. The fourth-order valence-electron chi connectivity index (χ4n) is 3.44. The summed E-state index contributed by atoms with van der Waals surface area (Å²) in [5.74, 6) is 1.62. The molecule has 1 heterocycles. The molecule has 2 N–H and O–H groups in total. The Balaban J connectivity index is 1.43. The Morgan fingerprint density at radius 1 is 1.10 bits per heavy atom. The molecule has 0 atom stereocenters. The van der Waals surface area contributed by atoms with Gasteiger partial charge in [-0.3, -0.25) is 4.57 Å². The van der Waals surface area contributed by atoms with Crippen LogP contribution >= 0.6 is 0 Å². The molecular weight excluding hydrogens is 398 g/mol. The standard InChI is InChI=1S/C22H25N5O4/c1-30-18-10-6-9-17(19(18)31-2)24-21(28)23-13-14-26-22(29)27(16-11-12-16)20(25-26)15-7-4-3-5-8-15/h3-10,16H,11-14H2,1-2H3,(H2,23,24,28). The molecule has 0 spiro atoms. The maximum atomic E-state index is 12.9. The van der Waals surface area contributed by atoms with Crippen LogP contribution in [0, 0.1) is 0 Å². The average Bonchev–Trinajstić information content (AvgIpc) is 3.57. The van der Waals surface area contributed by atoms with Crippen molar-refractivity contribution in [2.24, 2.45) is 0 Å². The number of rotatable bonds is 8. The molecule has 1 fully saturated rings. The van der Waals surface area contributed by atoms with Crippen molar-refractivity contribution in [3.63, 3.8) is 0 Å². The largest absolute Gasteiger partial charge is 0.493 e. The van der Waals surface area contributed by atoms with Crippen molar-refractivity contribution >= 4 is 11.7 Å². The van der Waals surface area contributed by atoms with E-state index in [1.54, 1.807) is 22.8 Å². The van der Waals surface area contributed by atoms with Crippen molar-refractivity contribution in [1.29, 1.82) is 0 Å². The second kappa shape index (κ2) is 8.95. The molecule has 0 saturated heterocycles. The van der Waals surface area contributed by atoms with Gasteiger partial charge in [0.15, 0.2) is 17.3 Å². The van der Waals surface area contributed by atoms with Crippen LogP contribution in [0.15, 0.2) is 53.3 Å². The Kier molecular flexibility index (Phi) is 5.92. The van der Waals surface area contributed by atoms with Gasteiger partial charge in [-0.05, 0) is 25.0 Å². The molecule has 1 aliphatic rings. The highest BCUT2D eigenvalue weighted by Crippen LogP contribution is 2.36. The monoisotopic (exact) mass is 423 g/mol. The zero-order valence-corrected chi connectivity index (χ0v) is 17.5. The van der Waals surface area contributed by atoms with Gasteiger partial charge in [-0.15, -0.1) is 5.10 Å². The molecule has 31 heavy (non-hydrogen) atoms. The summed E-state index contributed by atoms with van der Waals surface area (Å²) in [7, 11) is 3.04. The number of hydrogen-bond acceptors (Lipinski definition) is 5. The van der Waals surface area contributed by atoms with Crippen molar-refractivity contribution in [3.05, 3.63) is 59.0 Å². The number of methoxy groups -OCH3 is 2. The van der Waals surface area contributed by atoms with Gasteiger partial charge in [0.1, 0.15) is 0 Å². The highest BCUT2D eigenvalue weighted by molar-refractivity contribution is 5.91. The third kappa shape index (κ3) is 4.40. The van der Waals surface area contributed by atoms with Crippen LogP contribution in [0.2, 0.25) is 0 Å². The number of urea groups is 1. The van der Waals surface area contributed by atoms with Gasteiger partial charge in [0, 0.05) is 18.2 Å². The number of benzene rings is 2. The van der Waals surface area contributed by atoms with Gasteiger partial charge in [-0.25, -0.2) is 14.3 Å². The Hall–Kier alpha value is -3.75. The number of carbonyl (C=O) groups excluding carboxylic acids is 1. The lowest BCUT2D eigenvalue weighted by molar-refractivity contribution is 0.251. The maximum absolute atomic E-state index is 12.9. The molecule has 0 bridgehead atoms. The molecule has 1 aliphatic carbocycles. The summed E-state index contributed by atoms with van der Waals surface area (Å²) < 4.78 is 13.7. The smallest absolute Gasteiger partial charge is 0.346 e. The molecule has 0 aliphatic heterocycles. The van der Waals surface area contributed by atoms with E-state index in [9.17, 15) is 9.59 Å². The van der Waals surface area contributed by atoms with Gasteiger partial charge in [-0.1, -0.05) is 36.4 Å². The number of amides is 2. The van der Waals surface area contributed by atoms with Crippen LogP contribution in [0.4, 0.5) is 10.5 Å². The quantitative estimate of drug-likeness (QED) is 0.580. The van der Waals surface area contributed by atoms with Crippen LogP contribution < -0.4 is 25.8 Å². The number of nitrogens with zero attached hydrogens (tertiary/aromatic N) is 3. The summed E-state index contributed by atoms with van der Waals surface area (Å²) in [5, 5.41) is 10.0. The van der Waals surface area contributed by atoms with Crippen LogP contribution in [-0.4, -0.2) is 41.1 Å². The molecule has 9 heteroatoms. The number of para-hydroxylation sites is 1. The third-order valence-electron chi connectivity index (χ3n) is 5.07. The van der Waals surface area contributed by atoms with E-state index in [-0.39, 0.29) is 24.8 Å². The molecular formula is C22H25N5O4. The summed E-state index contributed by atoms with van der Waals surface area (Å²) in [4.78, 5) is 25.2. The lowest BCUT2D eigenvalue weighted by atomic mass is 10.2. The minimum atomic E-state index is -0.412. The molecule has 3 aromatic rings. The van der Waals surface area contributed by atoms with Crippen molar-refractivity contribution in [1.82, 2.24) is 19.7 Å². The number of anilines is 1. The summed E-state index contributed by atoms with van der Waals surface area (Å²) in [6.45, 7) is 0.509. The first-order valence-electron chi connectivity index (χ1n) is 10.1. The van der Waals surface area contributed by atoms with E-state index in [1.807, 2.05) is 30.3 Å². The van der Waals surface area contributed by atoms with Gasteiger partial charge >= 0.3 is 11.7 Å². The van der Waals surface area contributed by atoms with E-state index in [4.69, 9.17) is 9.47 Å². The molecule has 2 aromatic carbocycles. The third-order valence-corrected chi connectivity index (χ3v) is 5.07. The van der Waals surface area contributed by atoms with Crippen LogP contribution in [0.3, 0.4) is 0 Å². The van der Waals surface area contributed by atoms with Crippen LogP contribution in [0.5, 0.6) is 11.5 Å². The van der Waals surface area contributed by atoms with E-state index in [2.05, 4.69) is 15.7 Å². The minimum absolute atomic E-state index is 0.155. The summed E-state index contributed by atoms with van der Waals surface area (Å²) in [6.07, 6.45) is 1.96. The minimum Gasteiger partial charge on any atom is -0.493 e. The molecule has 1 saturated carbocycles. The van der Waals surface area contributed by atoms with Crippen LogP contribution in [0.1, 0.15) is 18.9 Å². The first-order valence-corrected chi connectivity index (χ1v) is 10.1. The van der Waals surface area contributed by atoms with Crippen molar-refractivity contribution in [2.75, 3.05) is 26.1 Å². The number of aromatic nitrogens is 3. The lowest BCUT2D eigenvalue weighted by Crippen LogP contribution is -2.34. The van der Waals surface area contributed by atoms with E-state index in [0.717, 1.165) is 18.4 Å². The van der Waals surface area contributed by atoms with E-state index in [0.29, 0.717) is 23.0 Å².